The average Bonchev–Trinajstić information content (AvgIpc) is 3.06. The number of carbonyl (C=O) groups excluding carboxylic acids is 1. The van der Waals surface area contributed by atoms with Crippen molar-refractivity contribution < 1.29 is 9.53 Å². The molecule has 4 N–H and O–H groups in total. The van der Waals surface area contributed by atoms with Crippen LogP contribution in [0.1, 0.15) is 18.4 Å². The van der Waals surface area contributed by atoms with Crippen LogP contribution >= 0.6 is 24.0 Å². The summed E-state index contributed by atoms with van der Waals surface area (Å²) >= 11 is 0. The minimum absolute atomic E-state index is 0. The lowest BCUT2D eigenvalue weighted by molar-refractivity contribution is -0.119. The molecule has 0 unspecified atom stereocenters. The van der Waals surface area contributed by atoms with Gasteiger partial charge in [-0.05, 0) is 37.0 Å². The van der Waals surface area contributed by atoms with E-state index in [1.54, 1.807) is 7.05 Å². The number of primary amides is 1. The number of aliphatic imine (C=N–C) groups is 1. The Labute approximate surface area is 160 Å². The number of nitrogens with one attached hydrogen (secondary N) is 2. The van der Waals surface area contributed by atoms with Gasteiger partial charge in [0, 0.05) is 19.6 Å². The highest BCUT2D eigenvalue weighted by Gasteiger charge is 2.11. The third-order valence-electron chi connectivity index (χ3n) is 3.58. The summed E-state index contributed by atoms with van der Waals surface area (Å²) < 4.78 is 5.23. The number of hydrogen-bond donors (Lipinski definition) is 3. The Bertz CT molecular complexity index is 564. The smallest absolute Gasteiger partial charge is 0.255 e. The highest BCUT2D eigenvalue weighted by atomic mass is 127. The fourth-order valence-electron chi connectivity index (χ4n) is 2.36. The summed E-state index contributed by atoms with van der Waals surface area (Å²) in [4.78, 5) is 14.9. The zero-order chi connectivity index (χ0) is 16.5. The molecule has 0 aromatic heterocycles. The van der Waals surface area contributed by atoms with Crippen LogP contribution < -0.4 is 21.1 Å². The first-order valence-corrected chi connectivity index (χ1v) is 7.79. The van der Waals surface area contributed by atoms with Crippen molar-refractivity contribution in [3.8, 4) is 5.75 Å². The van der Waals surface area contributed by atoms with Crippen LogP contribution in [0.4, 0.5) is 0 Å². The first-order chi connectivity index (χ1) is 11.2. The van der Waals surface area contributed by atoms with Gasteiger partial charge in [0.15, 0.2) is 12.6 Å². The Morgan fingerprint density at radius 2 is 1.96 bits per heavy atom. The Morgan fingerprint density at radius 3 is 2.54 bits per heavy atom. The number of rotatable bonds is 7. The maximum absolute atomic E-state index is 10.7. The van der Waals surface area contributed by atoms with Crippen LogP contribution in [0, 0.1) is 0 Å². The summed E-state index contributed by atoms with van der Waals surface area (Å²) in [5.74, 6) is 1.00. The topological polar surface area (TPSA) is 88.7 Å². The molecule has 0 fully saturated rings. The van der Waals surface area contributed by atoms with Crippen LogP contribution in [0.3, 0.4) is 0 Å². The molecule has 1 aliphatic carbocycles. The van der Waals surface area contributed by atoms with E-state index in [-0.39, 0.29) is 30.6 Å². The zero-order valence-electron chi connectivity index (χ0n) is 13.8. The second-order valence-corrected chi connectivity index (χ2v) is 5.43. The van der Waals surface area contributed by atoms with Crippen molar-refractivity contribution >= 4 is 35.8 Å². The van der Waals surface area contributed by atoms with E-state index in [9.17, 15) is 4.79 Å². The molecule has 0 saturated heterocycles. The van der Waals surface area contributed by atoms with Gasteiger partial charge in [0.25, 0.3) is 5.91 Å². The number of hydrogen-bond acceptors (Lipinski definition) is 3. The first-order valence-electron chi connectivity index (χ1n) is 7.79. The largest absolute Gasteiger partial charge is 0.484 e. The van der Waals surface area contributed by atoms with Gasteiger partial charge in [-0.25, -0.2) is 0 Å². The third kappa shape index (κ3) is 7.20. The van der Waals surface area contributed by atoms with Gasteiger partial charge in [-0.15, -0.1) is 24.0 Å². The molecule has 6 nitrogen and oxygen atoms in total. The summed E-state index contributed by atoms with van der Waals surface area (Å²) in [6.45, 7) is 0.695. The highest BCUT2D eigenvalue weighted by Crippen LogP contribution is 2.12. The van der Waals surface area contributed by atoms with Crippen LogP contribution in [0.5, 0.6) is 5.75 Å². The summed E-state index contributed by atoms with van der Waals surface area (Å²) in [6.07, 6.45) is 7.35. The lowest BCUT2D eigenvalue weighted by atomic mass is 10.1. The van der Waals surface area contributed by atoms with Crippen molar-refractivity contribution in [2.45, 2.75) is 25.3 Å². The monoisotopic (exact) mass is 444 g/mol. The molecule has 0 heterocycles. The molecule has 0 atom stereocenters. The van der Waals surface area contributed by atoms with Crippen molar-refractivity contribution in [1.29, 1.82) is 0 Å². The van der Waals surface area contributed by atoms with Gasteiger partial charge in [0.05, 0.1) is 0 Å². The van der Waals surface area contributed by atoms with Gasteiger partial charge in [0.1, 0.15) is 5.75 Å². The van der Waals surface area contributed by atoms with E-state index < -0.39 is 5.91 Å². The van der Waals surface area contributed by atoms with Crippen LogP contribution in [0.25, 0.3) is 0 Å². The summed E-state index contributed by atoms with van der Waals surface area (Å²) in [5.41, 5.74) is 6.22. The number of ether oxygens (including phenoxy) is 1. The average molecular weight is 444 g/mol. The molecular formula is C17H25IN4O2. The van der Waals surface area contributed by atoms with Crippen LogP contribution in [0.15, 0.2) is 41.4 Å². The van der Waals surface area contributed by atoms with Gasteiger partial charge in [-0.3, -0.25) is 9.79 Å². The van der Waals surface area contributed by atoms with E-state index in [4.69, 9.17) is 10.5 Å². The molecule has 24 heavy (non-hydrogen) atoms. The standard InChI is InChI=1S/C17H24N4O2.HI/c1-19-17(21-14-4-2-3-5-14)20-11-10-13-6-8-15(9-7-13)23-12-16(18)22;/h2-3,6-9,14H,4-5,10-12H2,1H3,(H2,18,22)(H2,19,20,21);1H. The second kappa shape index (κ2) is 10.9. The Hall–Kier alpha value is -1.77. The lowest BCUT2D eigenvalue weighted by Crippen LogP contribution is -2.43. The van der Waals surface area contributed by atoms with Crippen LogP contribution in [-0.2, 0) is 11.2 Å². The molecule has 7 heteroatoms. The molecule has 1 aromatic carbocycles. The molecule has 2 rings (SSSR count). The molecule has 0 radical (unpaired) electrons. The minimum Gasteiger partial charge on any atom is -0.484 e. The number of benzene rings is 1. The molecule has 0 saturated carbocycles. The van der Waals surface area contributed by atoms with Gasteiger partial charge in [-0.2, -0.15) is 0 Å². The van der Waals surface area contributed by atoms with Gasteiger partial charge in [-0.1, -0.05) is 24.3 Å². The van der Waals surface area contributed by atoms with E-state index in [1.165, 1.54) is 5.56 Å². The molecular weight excluding hydrogens is 419 g/mol. The van der Waals surface area contributed by atoms with E-state index >= 15 is 0 Å². The Morgan fingerprint density at radius 1 is 1.29 bits per heavy atom. The van der Waals surface area contributed by atoms with E-state index in [2.05, 4.69) is 27.8 Å². The minimum atomic E-state index is -0.477. The summed E-state index contributed by atoms with van der Waals surface area (Å²) in [7, 11) is 1.78. The highest BCUT2D eigenvalue weighted by molar-refractivity contribution is 14.0. The number of halogens is 1. The number of carbonyl (C=O) groups is 1. The maximum atomic E-state index is 10.7. The van der Waals surface area contributed by atoms with Crippen molar-refractivity contribution in [3.63, 3.8) is 0 Å². The predicted octanol–water partition coefficient (Wildman–Crippen LogP) is 1.59. The summed E-state index contributed by atoms with van der Waals surface area (Å²) in [6, 6.07) is 8.10. The van der Waals surface area contributed by atoms with E-state index in [1.807, 2.05) is 24.3 Å². The predicted molar refractivity (Wildman–Crippen MR) is 107 cm³/mol. The number of nitrogens with two attached hydrogens (primary N) is 1. The number of guanidine groups is 1. The molecule has 0 bridgehead atoms. The van der Waals surface area contributed by atoms with Crippen molar-refractivity contribution in [2.24, 2.45) is 10.7 Å². The lowest BCUT2D eigenvalue weighted by Gasteiger charge is -2.16. The first kappa shape index (κ1) is 20.3. The van der Waals surface area contributed by atoms with E-state index in [0.717, 1.165) is 31.8 Å². The fourth-order valence-corrected chi connectivity index (χ4v) is 2.36. The molecule has 1 aliphatic rings. The van der Waals surface area contributed by atoms with Crippen LogP contribution in [-0.4, -0.2) is 38.1 Å². The van der Waals surface area contributed by atoms with Crippen molar-refractivity contribution in [3.05, 3.63) is 42.0 Å². The zero-order valence-corrected chi connectivity index (χ0v) is 16.2. The molecule has 0 spiro atoms. The third-order valence-corrected chi connectivity index (χ3v) is 3.58. The van der Waals surface area contributed by atoms with Gasteiger partial charge < -0.3 is 21.1 Å². The number of amides is 1. The van der Waals surface area contributed by atoms with Crippen molar-refractivity contribution in [2.75, 3.05) is 20.2 Å². The fraction of sp³-hybridized carbons (Fsp3) is 0.412. The van der Waals surface area contributed by atoms with Crippen molar-refractivity contribution in [1.82, 2.24) is 10.6 Å². The maximum Gasteiger partial charge on any atom is 0.255 e. The molecule has 1 amide bonds. The normalized spacial score (nSPS) is 14.1. The SMILES string of the molecule is CN=C(NCCc1ccc(OCC(N)=O)cc1)NC1CC=CC1.I. The molecule has 0 aliphatic heterocycles. The molecule has 132 valence electrons. The van der Waals surface area contributed by atoms with Gasteiger partial charge in [0.2, 0.25) is 0 Å². The number of nitrogens with zero attached hydrogens (tertiary/aromatic N) is 1. The Balaban J connectivity index is 0.00000288. The van der Waals surface area contributed by atoms with E-state index in [0.29, 0.717) is 11.8 Å². The quantitative estimate of drug-likeness (QED) is 0.258. The summed E-state index contributed by atoms with van der Waals surface area (Å²) in [5, 5.41) is 6.72. The molecule has 1 aromatic rings. The van der Waals surface area contributed by atoms with Gasteiger partial charge >= 0.3 is 0 Å². The second-order valence-electron chi connectivity index (χ2n) is 5.43. The van der Waals surface area contributed by atoms with Crippen LogP contribution in [0.2, 0.25) is 0 Å². The Kier molecular flexibility index (Phi) is 9.21.